The van der Waals surface area contributed by atoms with Crippen molar-refractivity contribution in [2.45, 2.75) is 32.1 Å². The van der Waals surface area contributed by atoms with E-state index in [0.717, 1.165) is 5.92 Å². The standard InChI is InChI=1S/C12H16ClNS/c13-7-11(6-12-8-14-9-15-12)10-4-2-1-3-5-10/h6,8-10H,1-5,7H2. The lowest BCUT2D eigenvalue weighted by molar-refractivity contribution is 0.405. The fourth-order valence-electron chi connectivity index (χ4n) is 2.22. The van der Waals surface area contributed by atoms with Gasteiger partial charge in [0.1, 0.15) is 0 Å². The molecule has 0 saturated heterocycles. The van der Waals surface area contributed by atoms with Crippen LogP contribution in [-0.4, -0.2) is 10.9 Å². The topological polar surface area (TPSA) is 12.9 Å². The summed E-state index contributed by atoms with van der Waals surface area (Å²) in [6, 6.07) is 0. The van der Waals surface area contributed by atoms with Crippen LogP contribution in [0.1, 0.15) is 37.0 Å². The third-order valence-electron chi connectivity index (χ3n) is 3.06. The molecule has 0 atom stereocenters. The minimum Gasteiger partial charge on any atom is -0.253 e. The van der Waals surface area contributed by atoms with Crippen molar-refractivity contribution in [2.24, 2.45) is 5.92 Å². The monoisotopic (exact) mass is 241 g/mol. The molecule has 15 heavy (non-hydrogen) atoms. The molecule has 1 aromatic heterocycles. The van der Waals surface area contributed by atoms with E-state index < -0.39 is 0 Å². The van der Waals surface area contributed by atoms with Gasteiger partial charge < -0.3 is 0 Å². The molecule has 0 N–H and O–H groups in total. The Bertz CT molecular complexity index is 312. The largest absolute Gasteiger partial charge is 0.253 e. The summed E-state index contributed by atoms with van der Waals surface area (Å²) in [7, 11) is 0. The van der Waals surface area contributed by atoms with Crippen LogP contribution in [0.4, 0.5) is 0 Å². The molecular weight excluding hydrogens is 226 g/mol. The molecule has 82 valence electrons. The first-order chi connectivity index (χ1) is 7.40. The molecule has 1 aromatic rings. The normalized spacial score (nSPS) is 19.4. The number of hydrogen-bond acceptors (Lipinski definition) is 2. The Kier molecular flexibility index (Phi) is 4.21. The summed E-state index contributed by atoms with van der Waals surface area (Å²) in [5.74, 6) is 1.39. The van der Waals surface area contributed by atoms with Crippen LogP contribution in [0, 0.1) is 5.92 Å². The molecule has 0 unspecified atom stereocenters. The van der Waals surface area contributed by atoms with Gasteiger partial charge in [0.05, 0.1) is 5.51 Å². The van der Waals surface area contributed by atoms with Crippen molar-refractivity contribution in [3.05, 3.63) is 22.2 Å². The second kappa shape index (κ2) is 5.66. The molecule has 0 radical (unpaired) electrons. The number of hydrogen-bond donors (Lipinski definition) is 0. The molecule has 1 fully saturated rings. The van der Waals surface area contributed by atoms with Gasteiger partial charge in [0.25, 0.3) is 0 Å². The van der Waals surface area contributed by atoms with Crippen molar-refractivity contribution in [1.29, 1.82) is 0 Å². The predicted octanol–water partition coefficient (Wildman–Crippen LogP) is 4.35. The lowest BCUT2D eigenvalue weighted by atomic mass is 9.84. The highest BCUT2D eigenvalue weighted by Crippen LogP contribution is 2.31. The van der Waals surface area contributed by atoms with Crippen LogP contribution in [0.5, 0.6) is 0 Å². The number of halogens is 1. The highest BCUT2D eigenvalue weighted by Gasteiger charge is 2.17. The van der Waals surface area contributed by atoms with Gasteiger partial charge >= 0.3 is 0 Å². The first-order valence-electron chi connectivity index (χ1n) is 5.55. The molecule has 3 heteroatoms. The van der Waals surface area contributed by atoms with E-state index in [1.807, 2.05) is 11.7 Å². The van der Waals surface area contributed by atoms with E-state index in [-0.39, 0.29) is 0 Å². The average molecular weight is 242 g/mol. The minimum atomic E-state index is 0.669. The third kappa shape index (κ3) is 3.05. The Labute approximate surface area is 100 Å². The Hall–Kier alpha value is -0.340. The van der Waals surface area contributed by atoms with Crippen molar-refractivity contribution in [3.8, 4) is 0 Å². The molecule has 1 aliphatic rings. The van der Waals surface area contributed by atoms with Gasteiger partial charge in [-0.15, -0.1) is 22.9 Å². The lowest BCUT2D eigenvalue weighted by Gasteiger charge is -2.23. The SMILES string of the molecule is ClCC(=Cc1cncs1)C1CCCCC1. The average Bonchev–Trinajstić information content (AvgIpc) is 2.80. The van der Waals surface area contributed by atoms with E-state index in [9.17, 15) is 0 Å². The molecule has 2 rings (SSSR count). The van der Waals surface area contributed by atoms with E-state index in [2.05, 4.69) is 11.1 Å². The van der Waals surface area contributed by atoms with Crippen LogP contribution in [0.15, 0.2) is 17.3 Å². The maximum absolute atomic E-state index is 6.03. The first-order valence-corrected chi connectivity index (χ1v) is 6.96. The third-order valence-corrected chi connectivity index (χ3v) is 4.09. The molecule has 0 aliphatic heterocycles. The molecular formula is C12H16ClNS. The zero-order valence-corrected chi connectivity index (χ0v) is 10.4. The smallest absolute Gasteiger partial charge is 0.0797 e. The van der Waals surface area contributed by atoms with E-state index in [1.165, 1.54) is 42.6 Å². The molecule has 1 saturated carbocycles. The number of rotatable bonds is 3. The number of aromatic nitrogens is 1. The molecule has 1 aliphatic carbocycles. The van der Waals surface area contributed by atoms with Gasteiger partial charge in [-0.05, 0) is 24.8 Å². The van der Waals surface area contributed by atoms with Crippen molar-refractivity contribution in [2.75, 3.05) is 5.88 Å². The van der Waals surface area contributed by atoms with E-state index in [1.54, 1.807) is 11.3 Å². The second-order valence-corrected chi connectivity index (χ2v) is 5.28. The quantitative estimate of drug-likeness (QED) is 0.718. The van der Waals surface area contributed by atoms with Gasteiger partial charge in [-0.25, -0.2) is 0 Å². The lowest BCUT2D eigenvalue weighted by Crippen LogP contribution is -2.10. The van der Waals surface area contributed by atoms with Gasteiger partial charge in [0, 0.05) is 17.0 Å². The zero-order valence-electron chi connectivity index (χ0n) is 8.79. The molecule has 0 aromatic carbocycles. The van der Waals surface area contributed by atoms with Gasteiger partial charge in [0.15, 0.2) is 0 Å². The highest BCUT2D eigenvalue weighted by molar-refractivity contribution is 7.10. The summed E-state index contributed by atoms with van der Waals surface area (Å²) >= 11 is 7.72. The Morgan fingerprint density at radius 1 is 1.47 bits per heavy atom. The van der Waals surface area contributed by atoms with Crippen molar-refractivity contribution < 1.29 is 0 Å². The van der Waals surface area contributed by atoms with Crippen LogP contribution in [0.3, 0.4) is 0 Å². The number of allylic oxidation sites excluding steroid dienone is 1. The Balaban J connectivity index is 2.08. The minimum absolute atomic E-state index is 0.669. The zero-order chi connectivity index (χ0) is 10.5. The summed E-state index contributed by atoms with van der Waals surface area (Å²) in [5, 5.41) is 0. The number of alkyl halides is 1. The van der Waals surface area contributed by atoms with Gasteiger partial charge in [-0.3, -0.25) is 4.98 Å². The van der Waals surface area contributed by atoms with E-state index in [4.69, 9.17) is 11.6 Å². The second-order valence-electron chi connectivity index (χ2n) is 4.09. The van der Waals surface area contributed by atoms with Crippen LogP contribution in [-0.2, 0) is 0 Å². The summed E-state index contributed by atoms with van der Waals surface area (Å²) in [6.07, 6.45) is 10.9. The van der Waals surface area contributed by atoms with Crippen LogP contribution in [0.25, 0.3) is 6.08 Å². The Morgan fingerprint density at radius 2 is 2.27 bits per heavy atom. The maximum Gasteiger partial charge on any atom is 0.0797 e. The van der Waals surface area contributed by atoms with Crippen molar-refractivity contribution >= 4 is 29.0 Å². The molecule has 0 spiro atoms. The summed E-state index contributed by atoms with van der Waals surface area (Å²) in [6.45, 7) is 0. The van der Waals surface area contributed by atoms with Crippen LogP contribution < -0.4 is 0 Å². The molecule has 1 heterocycles. The van der Waals surface area contributed by atoms with Crippen molar-refractivity contribution in [3.63, 3.8) is 0 Å². The fourth-order valence-corrected chi connectivity index (χ4v) is 3.10. The van der Waals surface area contributed by atoms with Gasteiger partial charge in [-0.1, -0.05) is 24.8 Å². The molecule has 1 nitrogen and oxygen atoms in total. The van der Waals surface area contributed by atoms with E-state index >= 15 is 0 Å². The maximum atomic E-state index is 6.03. The Morgan fingerprint density at radius 3 is 2.87 bits per heavy atom. The number of nitrogens with zero attached hydrogens (tertiary/aromatic N) is 1. The highest BCUT2D eigenvalue weighted by atomic mass is 35.5. The van der Waals surface area contributed by atoms with Gasteiger partial charge in [0.2, 0.25) is 0 Å². The molecule has 0 amide bonds. The summed E-state index contributed by atoms with van der Waals surface area (Å²) in [5.41, 5.74) is 3.28. The van der Waals surface area contributed by atoms with E-state index in [0.29, 0.717) is 5.88 Å². The fraction of sp³-hybridized carbons (Fsp3) is 0.583. The molecule has 0 bridgehead atoms. The van der Waals surface area contributed by atoms with Gasteiger partial charge in [-0.2, -0.15) is 0 Å². The van der Waals surface area contributed by atoms with Crippen LogP contribution >= 0.6 is 22.9 Å². The predicted molar refractivity (Wildman–Crippen MR) is 67.4 cm³/mol. The first kappa shape index (κ1) is 11.2. The summed E-state index contributed by atoms with van der Waals surface area (Å²) < 4.78 is 0. The number of thiazole rings is 1. The van der Waals surface area contributed by atoms with Crippen molar-refractivity contribution in [1.82, 2.24) is 4.98 Å². The van der Waals surface area contributed by atoms with Crippen LogP contribution in [0.2, 0.25) is 0 Å². The summed E-state index contributed by atoms with van der Waals surface area (Å²) in [4.78, 5) is 5.32.